The largest absolute Gasteiger partial charge is 0.497 e. The van der Waals surface area contributed by atoms with Crippen molar-refractivity contribution in [3.05, 3.63) is 29.3 Å². The number of rotatable bonds is 8. The highest BCUT2D eigenvalue weighted by molar-refractivity contribution is 5.85. The molecular weight excluding hydrogens is 284 g/mol. The molecule has 0 aliphatic carbocycles. The van der Waals surface area contributed by atoms with Gasteiger partial charge < -0.3 is 4.74 Å². The van der Waals surface area contributed by atoms with E-state index in [1.54, 1.807) is 7.11 Å². The van der Waals surface area contributed by atoms with Crippen LogP contribution >= 0.6 is 12.4 Å². The first kappa shape index (κ1) is 19.8. The van der Waals surface area contributed by atoms with Crippen molar-refractivity contribution >= 4 is 12.4 Å². The van der Waals surface area contributed by atoms with Crippen LogP contribution in [0.25, 0.3) is 0 Å². The van der Waals surface area contributed by atoms with Gasteiger partial charge in [-0.2, -0.15) is 5.26 Å². The molecular formula is C17H27ClN2O. The van der Waals surface area contributed by atoms with E-state index in [1.807, 2.05) is 6.07 Å². The predicted molar refractivity (Wildman–Crippen MR) is 90.1 cm³/mol. The summed E-state index contributed by atoms with van der Waals surface area (Å²) in [5.74, 6) is 0.913. The molecule has 1 unspecified atom stereocenters. The quantitative estimate of drug-likeness (QED) is 0.663. The van der Waals surface area contributed by atoms with Crippen LogP contribution in [0.1, 0.15) is 50.3 Å². The third-order valence-corrected chi connectivity index (χ3v) is 3.86. The van der Waals surface area contributed by atoms with Gasteiger partial charge in [0.2, 0.25) is 0 Å². The molecule has 0 saturated carbocycles. The Morgan fingerprint density at radius 2 is 2.05 bits per heavy atom. The molecule has 3 nitrogen and oxygen atoms in total. The van der Waals surface area contributed by atoms with E-state index in [1.165, 1.54) is 11.1 Å². The molecule has 118 valence electrons. The van der Waals surface area contributed by atoms with Crippen molar-refractivity contribution < 1.29 is 4.74 Å². The molecule has 0 saturated heterocycles. The molecule has 0 aliphatic rings. The smallest absolute Gasteiger partial charge is 0.119 e. The number of benzene rings is 1. The van der Waals surface area contributed by atoms with Crippen LogP contribution in [0.4, 0.5) is 0 Å². The summed E-state index contributed by atoms with van der Waals surface area (Å²) in [5.41, 5.74) is 2.63. The lowest BCUT2D eigenvalue weighted by atomic mass is 10.0. The van der Waals surface area contributed by atoms with Crippen LogP contribution in [0, 0.1) is 18.3 Å². The number of nitriles is 1. The topological polar surface area (TPSA) is 36.3 Å². The van der Waals surface area contributed by atoms with Gasteiger partial charge in [0.25, 0.3) is 0 Å². The number of hydrogen-bond acceptors (Lipinski definition) is 3. The second-order valence-corrected chi connectivity index (χ2v) is 5.14. The van der Waals surface area contributed by atoms with Crippen molar-refractivity contribution in [1.82, 2.24) is 4.90 Å². The molecule has 1 rings (SSSR count). The van der Waals surface area contributed by atoms with E-state index in [0.29, 0.717) is 12.5 Å². The van der Waals surface area contributed by atoms with E-state index in [9.17, 15) is 0 Å². The first-order chi connectivity index (χ1) is 9.63. The molecule has 1 aromatic rings. The summed E-state index contributed by atoms with van der Waals surface area (Å²) in [5, 5.41) is 8.59. The maximum absolute atomic E-state index is 8.59. The van der Waals surface area contributed by atoms with Crippen molar-refractivity contribution in [2.75, 3.05) is 20.2 Å². The van der Waals surface area contributed by atoms with E-state index < -0.39 is 0 Å². The number of methoxy groups -OCH3 is 1. The minimum Gasteiger partial charge on any atom is -0.497 e. The van der Waals surface area contributed by atoms with Gasteiger partial charge in [-0.15, -0.1) is 12.4 Å². The predicted octanol–water partition coefficient (Wildman–Crippen LogP) is 4.50. The Bertz CT molecular complexity index is 457. The first-order valence-electron chi connectivity index (χ1n) is 7.39. The van der Waals surface area contributed by atoms with E-state index in [-0.39, 0.29) is 12.4 Å². The van der Waals surface area contributed by atoms with E-state index in [4.69, 9.17) is 10.00 Å². The Labute approximate surface area is 135 Å². The summed E-state index contributed by atoms with van der Waals surface area (Å²) >= 11 is 0. The van der Waals surface area contributed by atoms with Gasteiger partial charge >= 0.3 is 0 Å². The molecule has 0 aromatic heterocycles. The number of halogens is 1. The molecule has 0 fully saturated rings. The molecule has 1 atom stereocenters. The van der Waals surface area contributed by atoms with E-state index in [2.05, 4.69) is 43.9 Å². The number of hydrogen-bond donors (Lipinski definition) is 0. The zero-order valence-electron chi connectivity index (χ0n) is 13.6. The number of aryl methyl sites for hydroxylation is 1. The van der Waals surface area contributed by atoms with Gasteiger partial charge in [-0.25, -0.2) is 0 Å². The maximum atomic E-state index is 8.59. The fraction of sp³-hybridized carbons (Fsp3) is 0.588. The molecule has 0 aliphatic heterocycles. The zero-order chi connectivity index (χ0) is 15.0. The molecule has 0 N–H and O–H groups in total. The zero-order valence-corrected chi connectivity index (χ0v) is 14.4. The van der Waals surface area contributed by atoms with Crippen LogP contribution < -0.4 is 4.74 Å². The molecule has 0 bridgehead atoms. The molecule has 0 heterocycles. The summed E-state index contributed by atoms with van der Waals surface area (Å²) in [6, 6.07) is 8.89. The SMILES string of the molecule is CCN(CCCCC#N)C(C)c1ccc(OC)cc1C.Cl. The lowest BCUT2D eigenvalue weighted by Crippen LogP contribution is -2.28. The highest BCUT2D eigenvalue weighted by atomic mass is 35.5. The van der Waals surface area contributed by atoms with Gasteiger partial charge in [-0.05, 0) is 63.0 Å². The fourth-order valence-corrected chi connectivity index (χ4v) is 2.59. The minimum absolute atomic E-state index is 0. The van der Waals surface area contributed by atoms with Crippen molar-refractivity contribution in [3.63, 3.8) is 0 Å². The normalized spacial score (nSPS) is 11.6. The van der Waals surface area contributed by atoms with E-state index >= 15 is 0 Å². The number of unbranched alkanes of at least 4 members (excludes halogenated alkanes) is 2. The Morgan fingerprint density at radius 3 is 2.57 bits per heavy atom. The highest BCUT2D eigenvalue weighted by Gasteiger charge is 2.15. The van der Waals surface area contributed by atoms with Gasteiger partial charge in [-0.3, -0.25) is 4.90 Å². The monoisotopic (exact) mass is 310 g/mol. The summed E-state index contributed by atoms with van der Waals surface area (Å²) in [4.78, 5) is 2.46. The van der Waals surface area contributed by atoms with Crippen molar-refractivity contribution in [1.29, 1.82) is 5.26 Å². The van der Waals surface area contributed by atoms with Gasteiger partial charge in [0.1, 0.15) is 5.75 Å². The maximum Gasteiger partial charge on any atom is 0.119 e. The van der Waals surface area contributed by atoms with Crippen molar-refractivity contribution in [2.24, 2.45) is 0 Å². The van der Waals surface area contributed by atoms with Crippen LogP contribution in [0.15, 0.2) is 18.2 Å². The van der Waals surface area contributed by atoms with Crippen LogP contribution in [0.3, 0.4) is 0 Å². The first-order valence-corrected chi connectivity index (χ1v) is 7.39. The Hall–Kier alpha value is -1.24. The number of ether oxygens (including phenoxy) is 1. The Balaban J connectivity index is 0.00000400. The molecule has 0 spiro atoms. The summed E-state index contributed by atoms with van der Waals surface area (Å²) in [6.45, 7) is 8.66. The van der Waals surface area contributed by atoms with E-state index in [0.717, 1.165) is 31.7 Å². The Morgan fingerprint density at radius 1 is 1.33 bits per heavy atom. The molecule has 1 aromatic carbocycles. The van der Waals surface area contributed by atoms with Gasteiger partial charge in [-0.1, -0.05) is 13.0 Å². The van der Waals surface area contributed by atoms with Crippen LogP contribution in [-0.4, -0.2) is 25.1 Å². The molecule has 4 heteroatoms. The molecule has 0 amide bonds. The number of nitrogens with zero attached hydrogens (tertiary/aromatic N) is 2. The lowest BCUT2D eigenvalue weighted by molar-refractivity contribution is 0.217. The van der Waals surface area contributed by atoms with Gasteiger partial charge in [0, 0.05) is 12.5 Å². The van der Waals surface area contributed by atoms with Crippen LogP contribution in [0.2, 0.25) is 0 Å². The second-order valence-electron chi connectivity index (χ2n) is 5.14. The van der Waals surface area contributed by atoms with Crippen molar-refractivity contribution in [2.45, 2.75) is 46.1 Å². The summed E-state index contributed by atoms with van der Waals surface area (Å²) in [6.07, 6.45) is 2.73. The third-order valence-electron chi connectivity index (χ3n) is 3.86. The fourth-order valence-electron chi connectivity index (χ4n) is 2.59. The highest BCUT2D eigenvalue weighted by Crippen LogP contribution is 2.26. The molecule has 21 heavy (non-hydrogen) atoms. The lowest BCUT2D eigenvalue weighted by Gasteiger charge is -2.29. The molecule has 0 radical (unpaired) electrons. The van der Waals surface area contributed by atoms with Crippen molar-refractivity contribution in [3.8, 4) is 11.8 Å². The second kappa shape index (κ2) is 10.5. The standard InChI is InChI=1S/C17H26N2O.ClH/c1-5-19(12-8-6-7-11-18)15(3)17-10-9-16(20-4)13-14(17)2;/h9-10,13,15H,5-8,12H2,1-4H3;1H. The summed E-state index contributed by atoms with van der Waals surface area (Å²) < 4.78 is 5.26. The minimum atomic E-state index is 0. The van der Waals surface area contributed by atoms with Gasteiger partial charge in [0.05, 0.1) is 13.2 Å². The Kier molecular flexibility index (Phi) is 9.86. The third kappa shape index (κ3) is 5.95. The average Bonchev–Trinajstić information content (AvgIpc) is 2.46. The van der Waals surface area contributed by atoms with Crippen LogP contribution in [-0.2, 0) is 0 Å². The summed E-state index contributed by atoms with van der Waals surface area (Å²) in [7, 11) is 1.70. The van der Waals surface area contributed by atoms with Crippen LogP contribution in [0.5, 0.6) is 5.75 Å². The van der Waals surface area contributed by atoms with Gasteiger partial charge in [0.15, 0.2) is 0 Å². The average molecular weight is 311 g/mol.